The fourth-order valence-corrected chi connectivity index (χ4v) is 4.60. The summed E-state index contributed by atoms with van der Waals surface area (Å²) in [5.74, 6) is -0.453. The molecule has 3 aromatic rings. The smallest absolute Gasteiger partial charge is 0.411 e. The zero-order valence-corrected chi connectivity index (χ0v) is 23.0. The zero-order chi connectivity index (χ0) is 28.9. The fourth-order valence-electron chi connectivity index (χ4n) is 4.53. The van der Waals surface area contributed by atoms with Crippen LogP contribution in [0, 0.1) is 5.82 Å². The summed E-state index contributed by atoms with van der Waals surface area (Å²) in [6.07, 6.45) is 11.4. The number of aromatic nitrogens is 4. The lowest BCUT2D eigenvalue weighted by Crippen LogP contribution is -2.40. The highest BCUT2D eigenvalue weighted by atomic mass is 35.5. The molecule has 0 aliphatic heterocycles. The van der Waals surface area contributed by atoms with Crippen LogP contribution in [0.4, 0.5) is 26.4 Å². The van der Waals surface area contributed by atoms with E-state index in [1.165, 1.54) is 35.1 Å². The molecule has 5 rings (SSSR count). The quantitative estimate of drug-likeness (QED) is 0.186. The number of allylic oxidation sites excluding steroid dienone is 3. The van der Waals surface area contributed by atoms with Crippen molar-refractivity contribution in [3.8, 4) is 0 Å². The predicted molar refractivity (Wildman–Crippen MR) is 154 cm³/mol. The molecule has 3 aromatic heterocycles. The van der Waals surface area contributed by atoms with Gasteiger partial charge in [0.1, 0.15) is 11.6 Å². The molecule has 11 nitrogen and oxygen atoms in total. The van der Waals surface area contributed by atoms with Gasteiger partial charge >= 0.3 is 6.09 Å². The Bertz CT molecular complexity index is 1510. The normalized spacial score (nSPS) is 18.6. The maximum absolute atomic E-state index is 14.1. The third-order valence-corrected chi connectivity index (χ3v) is 6.86. The predicted octanol–water partition coefficient (Wildman–Crippen LogP) is 5.36. The SMILES string of the molecule is C=C(Cl)/C=C\C(=C)OC(=O)NC1CCC(Nc2cc(NC3CC3)c3ncc(C(=O)Nc4ccncc4F)n3n2)CC1. The highest BCUT2D eigenvalue weighted by molar-refractivity contribution is 6.30. The van der Waals surface area contributed by atoms with Crippen LogP contribution < -0.4 is 21.3 Å². The van der Waals surface area contributed by atoms with Gasteiger partial charge in [0.15, 0.2) is 17.2 Å². The molecule has 0 unspecified atom stereocenters. The van der Waals surface area contributed by atoms with E-state index in [9.17, 15) is 14.0 Å². The third-order valence-electron chi connectivity index (χ3n) is 6.73. The first-order chi connectivity index (χ1) is 19.7. The number of hydrogen-bond acceptors (Lipinski definition) is 8. The van der Waals surface area contributed by atoms with Crippen molar-refractivity contribution in [3.05, 3.63) is 78.3 Å². The molecule has 2 fully saturated rings. The van der Waals surface area contributed by atoms with Crippen molar-refractivity contribution >= 4 is 46.4 Å². The van der Waals surface area contributed by atoms with E-state index in [1.807, 2.05) is 6.07 Å². The summed E-state index contributed by atoms with van der Waals surface area (Å²) in [6.45, 7) is 7.19. The minimum atomic E-state index is -0.640. The van der Waals surface area contributed by atoms with Crippen LogP contribution in [0.5, 0.6) is 0 Å². The van der Waals surface area contributed by atoms with Crippen LogP contribution in [0.25, 0.3) is 5.65 Å². The fraction of sp³-hybridized carbons (Fsp3) is 0.321. The number of alkyl carbamates (subject to hydrolysis) is 1. The largest absolute Gasteiger partial charge is 0.412 e. The van der Waals surface area contributed by atoms with Crippen LogP contribution >= 0.6 is 11.6 Å². The van der Waals surface area contributed by atoms with Crippen molar-refractivity contribution in [2.45, 2.75) is 56.7 Å². The van der Waals surface area contributed by atoms with Gasteiger partial charge in [-0.2, -0.15) is 0 Å². The van der Waals surface area contributed by atoms with Crippen LogP contribution in [0.3, 0.4) is 0 Å². The Hall–Kier alpha value is -4.45. The van der Waals surface area contributed by atoms with Gasteiger partial charge in [-0.1, -0.05) is 24.8 Å². The Morgan fingerprint density at radius 2 is 1.73 bits per heavy atom. The van der Waals surface area contributed by atoms with Gasteiger partial charge in [0.25, 0.3) is 5.91 Å². The topological polar surface area (TPSA) is 135 Å². The Kier molecular flexibility index (Phi) is 8.48. The molecule has 0 aromatic carbocycles. The minimum Gasteiger partial charge on any atom is -0.411 e. The van der Waals surface area contributed by atoms with E-state index in [0.29, 0.717) is 22.5 Å². The first-order valence-electron chi connectivity index (χ1n) is 13.3. The van der Waals surface area contributed by atoms with Gasteiger partial charge in [0.05, 0.1) is 23.8 Å². The van der Waals surface area contributed by atoms with Crippen LogP contribution in [-0.2, 0) is 4.74 Å². The van der Waals surface area contributed by atoms with Gasteiger partial charge in [0.2, 0.25) is 0 Å². The van der Waals surface area contributed by atoms with Crippen LogP contribution in [0.15, 0.2) is 66.8 Å². The number of amides is 2. The van der Waals surface area contributed by atoms with Crippen molar-refractivity contribution in [2.24, 2.45) is 0 Å². The highest BCUT2D eigenvalue weighted by Gasteiger charge is 2.26. The van der Waals surface area contributed by atoms with Crippen molar-refractivity contribution in [2.75, 3.05) is 16.0 Å². The van der Waals surface area contributed by atoms with Gasteiger partial charge < -0.3 is 26.0 Å². The Morgan fingerprint density at radius 3 is 2.44 bits per heavy atom. The Balaban J connectivity index is 1.24. The number of rotatable bonds is 10. The minimum absolute atomic E-state index is 0.0155. The average Bonchev–Trinajstić information content (AvgIpc) is 3.65. The molecule has 2 saturated carbocycles. The van der Waals surface area contributed by atoms with Gasteiger partial charge in [-0.25, -0.2) is 18.7 Å². The zero-order valence-electron chi connectivity index (χ0n) is 22.2. The van der Waals surface area contributed by atoms with E-state index in [1.54, 1.807) is 0 Å². The summed E-state index contributed by atoms with van der Waals surface area (Å²) in [5.41, 5.74) is 1.43. The highest BCUT2D eigenvalue weighted by Crippen LogP contribution is 2.30. The maximum atomic E-state index is 14.1. The lowest BCUT2D eigenvalue weighted by atomic mass is 9.91. The average molecular weight is 581 g/mol. The first kappa shape index (κ1) is 28.1. The second-order valence-corrected chi connectivity index (χ2v) is 10.5. The molecule has 0 atom stereocenters. The molecule has 214 valence electrons. The number of halogens is 2. The molecule has 0 saturated heterocycles. The standard InChI is InChI=1S/C28H30ClFN8O3/c1-16(29)3-4-17(2)41-28(40)35-20-9-7-19(8-10-20)34-25-13-23(33-18-5-6-18)26-32-15-24(38(26)37-25)27(39)36-22-11-12-31-14-21(22)30/h3-4,11-15,18-20,33H,1-2,5-10H2,(H,34,37)(H,35,40)(H,31,36,39)/b4-3-. The molecular weight excluding hydrogens is 551 g/mol. The Labute approximate surface area is 240 Å². The number of nitrogens with zero attached hydrogens (tertiary/aromatic N) is 4. The van der Waals surface area contributed by atoms with E-state index >= 15 is 0 Å². The molecule has 0 bridgehead atoms. The van der Waals surface area contributed by atoms with Gasteiger partial charge in [-0.05, 0) is 56.7 Å². The van der Waals surface area contributed by atoms with Gasteiger partial charge in [0, 0.05) is 35.4 Å². The van der Waals surface area contributed by atoms with Crippen LogP contribution in [0.1, 0.15) is 49.0 Å². The summed E-state index contributed by atoms with van der Waals surface area (Å²) < 4.78 is 20.7. The molecule has 2 amide bonds. The van der Waals surface area contributed by atoms with E-state index in [2.05, 4.69) is 49.5 Å². The number of anilines is 3. The number of hydrogen-bond donors (Lipinski definition) is 4. The van der Waals surface area contributed by atoms with Crippen molar-refractivity contribution in [1.82, 2.24) is 24.9 Å². The maximum Gasteiger partial charge on any atom is 0.412 e. The molecule has 13 heteroatoms. The number of ether oxygens (including phenoxy) is 1. The summed E-state index contributed by atoms with van der Waals surface area (Å²) in [6, 6.07) is 3.67. The molecule has 0 radical (unpaired) electrons. The van der Waals surface area contributed by atoms with E-state index in [4.69, 9.17) is 16.3 Å². The summed E-state index contributed by atoms with van der Waals surface area (Å²) >= 11 is 5.67. The summed E-state index contributed by atoms with van der Waals surface area (Å²) in [5, 5.41) is 17.3. The molecule has 41 heavy (non-hydrogen) atoms. The second kappa shape index (κ2) is 12.4. The molecular formula is C28H30ClFN8O3. The molecule has 2 aliphatic carbocycles. The lowest BCUT2D eigenvalue weighted by Gasteiger charge is -2.29. The van der Waals surface area contributed by atoms with Crippen molar-refractivity contribution in [3.63, 3.8) is 0 Å². The van der Waals surface area contributed by atoms with Gasteiger partial charge in [-0.3, -0.25) is 9.78 Å². The number of fused-ring (bicyclic) bond motifs is 1. The molecule has 0 spiro atoms. The van der Waals surface area contributed by atoms with E-state index in [-0.39, 0.29) is 29.2 Å². The molecule has 3 heterocycles. The third kappa shape index (κ3) is 7.40. The first-order valence-corrected chi connectivity index (χ1v) is 13.7. The number of nitrogens with one attached hydrogen (secondary N) is 4. The summed E-state index contributed by atoms with van der Waals surface area (Å²) in [7, 11) is 0. The van der Waals surface area contributed by atoms with Crippen molar-refractivity contribution in [1.29, 1.82) is 0 Å². The van der Waals surface area contributed by atoms with Crippen LogP contribution in [0.2, 0.25) is 0 Å². The van der Waals surface area contributed by atoms with Crippen molar-refractivity contribution < 1.29 is 18.7 Å². The van der Waals surface area contributed by atoms with E-state index in [0.717, 1.165) is 50.4 Å². The second-order valence-electron chi connectivity index (χ2n) is 10.0. The number of carbonyl (C=O) groups is 2. The summed E-state index contributed by atoms with van der Waals surface area (Å²) in [4.78, 5) is 33.4. The number of imidazole rings is 1. The monoisotopic (exact) mass is 580 g/mol. The molecule has 4 N–H and O–H groups in total. The number of carbonyl (C=O) groups excluding carboxylic acids is 2. The van der Waals surface area contributed by atoms with Crippen LogP contribution in [-0.4, -0.2) is 49.7 Å². The van der Waals surface area contributed by atoms with E-state index < -0.39 is 17.8 Å². The lowest BCUT2D eigenvalue weighted by molar-refractivity contribution is 0.101. The molecule has 2 aliphatic rings. The number of pyridine rings is 1. The Morgan fingerprint density at radius 1 is 1.02 bits per heavy atom. The van der Waals surface area contributed by atoms with Gasteiger partial charge in [-0.15, -0.1) is 5.10 Å².